The number of nitrogens with one attached hydrogen (secondary N) is 1. The number of rotatable bonds is 10. The second-order valence-corrected chi connectivity index (χ2v) is 4.33. The van der Waals surface area contributed by atoms with Gasteiger partial charge in [0, 0.05) is 18.0 Å². The Labute approximate surface area is 102 Å². The Balaban J connectivity index is 4.06. The molecule has 0 aromatic heterocycles. The molecule has 0 amide bonds. The van der Waals surface area contributed by atoms with Crippen LogP contribution >= 0.6 is 0 Å². The first-order chi connectivity index (χ1) is 8.06. The van der Waals surface area contributed by atoms with E-state index in [2.05, 4.69) is 22.3 Å². The van der Waals surface area contributed by atoms with Gasteiger partial charge in [-0.1, -0.05) is 37.7 Å². The molecule has 1 unspecified atom stereocenters. The van der Waals surface area contributed by atoms with Gasteiger partial charge >= 0.3 is 5.97 Å². The number of azide groups is 1. The van der Waals surface area contributed by atoms with Crippen molar-refractivity contribution in [3.05, 3.63) is 10.4 Å². The van der Waals surface area contributed by atoms with Crippen molar-refractivity contribution in [3.63, 3.8) is 0 Å². The SMILES string of the molecule is CCCCCCC(C)(NCCN=[N+]=[N-])C(=O)O. The third kappa shape index (κ3) is 6.81. The van der Waals surface area contributed by atoms with Crippen LogP contribution in [0.1, 0.15) is 46.0 Å². The van der Waals surface area contributed by atoms with Crippen molar-refractivity contribution in [1.82, 2.24) is 5.32 Å². The van der Waals surface area contributed by atoms with Crippen LogP contribution in [0, 0.1) is 0 Å². The first-order valence-corrected chi connectivity index (χ1v) is 6.06. The molecule has 0 rings (SSSR count). The molecule has 6 heteroatoms. The number of carboxylic acid groups (broad SMARTS) is 1. The van der Waals surface area contributed by atoms with Crippen LogP contribution in [0.25, 0.3) is 10.4 Å². The lowest BCUT2D eigenvalue weighted by Gasteiger charge is -2.26. The average molecular weight is 242 g/mol. The highest BCUT2D eigenvalue weighted by Gasteiger charge is 2.31. The first kappa shape index (κ1) is 15.7. The minimum Gasteiger partial charge on any atom is -0.480 e. The van der Waals surface area contributed by atoms with Crippen LogP contribution in [0.15, 0.2) is 5.11 Å². The van der Waals surface area contributed by atoms with Crippen molar-refractivity contribution in [2.75, 3.05) is 13.1 Å². The number of unbranched alkanes of at least 4 members (excludes halogenated alkanes) is 3. The Morgan fingerprint density at radius 1 is 1.47 bits per heavy atom. The summed E-state index contributed by atoms with van der Waals surface area (Å²) in [6.07, 6.45) is 4.81. The van der Waals surface area contributed by atoms with E-state index in [1.54, 1.807) is 6.92 Å². The molecule has 2 N–H and O–H groups in total. The number of hydrogen-bond donors (Lipinski definition) is 2. The molecule has 0 aromatic rings. The van der Waals surface area contributed by atoms with Gasteiger partial charge in [0.2, 0.25) is 0 Å². The van der Waals surface area contributed by atoms with Crippen molar-refractivity contribution in [1.29, 1.82) is 0 Å². The second kappa shape index (κ2) is 8.84. The third-order valence-electron chi connectivity index (χ3n) is 2.79. The maximum atomic E-state index is 11.2. The summed E-state index contributed by atoms with van der Waals surface area (Å²) in [7, 11) is 0. The van der Waals surface area contributed by atoms with Crippen LogP contribution in [0.3, 0.4) is 0 Å². The van der Waals surface area contributed by atoms with E-state index in [-0.39, 0.29) is 6.54 Å². The maximum Gasteiger partial charge on any atom is 0.323 e. The summed E-state index contributed by atoms with van der Waals surface area (Å²) < 4.78 is 0. The van der Waals surface area contributed by atoms with E-state index >= 15 is 0 Å². The van der Waals surface area contributed by atoms with Crippen LogP contribution in [0.4, 0.5) is 0 Å². The molecule has 0 aliphatic rings. The number of nitrogens with zero attached hydrogens (tertiary/aromatic N) is 3. The minimum absolute atomic E-state index is 0.272. The molecule has 17 heavy (non-hydrogen) atoms. The van der Waals surface area contributed by atoms with Gasteiger partial charge in [-0.25, -0.2) is 0 Å². The maximum absolute atomic E-state index is 11.2. The molecule has 1 atom stereocenters. The predicted octanol–water partition coefficient (Wildman–Crippen LogP) is 2.70. The molecule has 0 saturated heterocycles. The van der Waals surface area contributed by atoms with E-state index < -0.39 is 11.5 Å². The Morgan fingerprint density at radius 2 is 2.18 bits per heavy atom. The van der Waals surface area contributed by atoms with E-state index in [9.17, 15) is 9.90 Å². The summed E-state index contributed by atoms with van der Waals surface area (Å²) >= 11 is 0. The summed E-state index contributed by atoms with van der Waals surface area (Å²) in [5.74, 6) is -0.852. The van der Waals surface area contributed by atoms with Gasteiger partial charge in [0.1, 0.15) is 5.54 Å². The van der Waals surface area contributed by atoms with Gasteiger partial charge in [-0.3, -0.25) is 4.79 Å². The fourth-order valence-electron chi connectivity index (χ4n) is 1.60. The largest absolute Gasteiger partial charge is 0.480 e. The summed E-state index contributed by atoms with van der Waals surface area (Å²) in [6.45, 7) is 4.46. The number of hydrogen-bond acceptors (Lipinski definition) is 3. The van der Waals surface area contributed by atoms with Crippen LogP contribution in [-0.4, -0.2) is 29.7 Å². The van der Waals surface area contributed by atoms with E-state index in [1.165, 1.54) is 0 Å². The highest BCUT2D eigenvalue weighted by molar-refractivity contribution is 5.78. The Bertz CT molecular complexity index is 277. The molecule has 6 nitrogen and oxygen atoms in total. The molecule has 0 aliphatic carbocycles. The van der Waals surface area contributed by atoms with Crippen molar-refractivity contribution in [2.45, 2.75) is 51.5 Å². The van der Waals surface area contributed by atoms with Crippen molar-refractivity contribution in [3.8, 4) is 0 Å². The lowest BCUT2D eigenvalue weighted by molar-refractivity contribution is -0.144. The van der Waals surface area contributed by atoms with Gasteiger partial charge in [-0.15, -0.1) is 0 Å². The molecule has 0 bridgehead atoms. The van der Waals surface area contributed by atoms with Gasteiger partial charge in [0.05, 0.1) is 0 Å². The van der Waals surface area contributed by atoms with E-state index in [0.29, 0.717) is 13.0 Å². The number of carboxylic acids is 1. The summed E-state index contributed by atoms with van der Waals surface area (Å²) in [5.41, 5.74) is 7.20. The molecule has 0 aromatic carbocycles. The van der Waals surface area contributed by atoms with Crippen molar-refractivity contribution < 1.29 is 9.90 Å². The molecule has 0 saturated carbocycles. The Hall–Kier alpha value is -1.26. The first-order valence-electron chi connectivity index (χ1n) is 6.06. The zero-order chi connectivity index (χ0) is 13.1. The zero-order valence-corrected chi connectivity index (χ0v) is 10.6. The molecule has 98 valence electrons. The average Bonchev–Trinajstić information content (AvgIpc) is 2.30. The minimum atomic E-state index is -0.918. The highest BCUT2D eigenvalue weighted by atomic mass is 16.4. The summed E-state index contributed by atoms with van der Waals surface area (Å²) in [6, 6.07) is 0. The zero-order valence-electron chi connectivity index (χ0n) is 10.6. The van der Waals surface area contributed by atoms with Gasteiger partial charge in [-0.2, -0.15) is 0 Å². The monoisotopic (exact) mass is 242 g/mol. The summed E-state index contributed by atoms with van der Waals surface area (Å²) in [5, 5.41) is 15.5. The number of carbonyl (C=O) groups is 1. The molecule has 0 aliphatic heterocycles. The van der Waals surface area contributed by atoms with Gasteiger partial charge in [0.15, 0.2) is 0 Å². The van der Waals surface area contributed by atoms with Crippen molar-refractivity contribution in [2.24, 2.45) is 5.11 Å². The fraction of sp³-hybridized carbons (Fsp3) is 0.909. The van der Waals surface area contributed by atoms with Crippen LogP contribution in [0.2, 0.25) is 0 Å². The molecular weight excluding hydrogens is 220 g/mol. The van der Waals surface area contributed by atoms with E-state index in [4.69, 9.17) is 5.53 Å². The van der Waals surface area contributed by atoms with Crippen LogP contribution in [-0.2, 0) is 4.79 Å². The Kier molecular flexibility index (Phi) is 8.19. The smallest absolute Gasteiger partial charge is 0.323 e. The second-order valence-electron chi connectivity index (χ2n) is 4.33. The number of aliphatic carboxylic acids is 1. The van der Waals surface area contributed by atoms with E-state index in [0.717, 1.165) is 25.7 Å². The Morgan fingerprint density at radius 3 is 2.71 bits per heavy atom. The molecule has 0 fully saturated rings. The summed E-state index contributed by atoms with van der Waals surface area (Å²) in [4.78, 5) is 13.8. The standard InChI is InChI=1S/C11H22N4O2/c1-3-4-5-6-7-11(2,10(16)17)13-8-9-14-15-12/h13H,3-9H2,1-2H3,(H,16,17). The van der Waals surface area contributed by atoms with Gasteiger partial charge < -0.3 is 10.4 Å². The molecule has 0 spiro atoms. The van der Waals surface area contributed by atoms with E-state index in [1.807, 2.05) is 0 Å². The van der Waals surface area contributed by atoms with Gasteiger partial charge in [0.25, 0.3) is 0 Å². The lowest BCUT2D eigenvalue weighted by Crippen LogP contribution is -2.50. The van der Waals surface area contributed by atoms with Crippen molar-refractivity contribution >= 4 is 5.97 Å². The molecule has 0 heterocycles. The van der Waals surface area contributed by atoms with Crippen LogP contribution < -0.4 is 5.32 Å². The predicted molar refractivity (Wildman–Crippen MR) is 66.8 cm³/mol. The topological polar surface area (TPSA) is 98.1 Å². The quantitative estimate of drug-likeness (QED) is 0.266. The third-order valence-corrected chi connectivity index (χ3v) is 2.79. The molecular formula is C11H22N4O2. The fourth-order valence-corrected chi connectivity index (χ4v) is 1.60. The van der Waals surface area contributed by atoms with Crippen LogP contribution in [0.5, 0.6) is 0 Å². The highest BCUT2D eigenvalue weighted by Crippen LogP contribution is 2.15. The molecule has 0 radical (unpaired) electrons. The van der Waals surface area contributed by atoms with Gasteiger partial charge in [-0.05, 0) is 18.9 Å². The normalized spacial score (nSPS) is 13.8. The lowest BCUT2D eigenvalue weighted by atomic mass is 9.94.